The Labute approximate surface area is 176 Å². The van der Waals surface area contributed by atoms with Crippen LogP contribution in [0.1, 0.15) is 54.6 Å². The number of barbiturate groups is 1. The number of carbonyl (C=O) groups excluding carboxylic acids is 3. The largest absolute Gasteiger partial charge is 0.344 e. The lowest BCUT2D eigenvalue weighted by atomic mass is 9.93. The van der Waals surface area contributed by atoms with Crippen LogP contribution in [0.5, 0.6) is 0 Å². The van der Waals surface area contributed by atoms with Crippen LogP contribution in [0.15, 0.2) is 42.0 Å². The van der Waals surface area contributed by atoms with Crippen molar-refractivity contribution in [3.8, 4) is 0 Å². The zero-order chi connectivity index (χ0) is 21.3. The zero-order valence-electron chi connectivity index (χ0n) is 17.5. The van der Waals surface area contributed by atoms with Crippen molar-refractivity contribution in [2.45, 2.75) is 58.5 Å². The molecule has 1 saturated heterocycles. The highest BCUT2D eigenvalue weighted by atomic mass is 16.2. The average Bonchev–Trinajstić information content (AvgIpc) is 3.00. The van der Waals surface area contributed by atoms with Gasteiger partial charge in [0, 0.05) is 24.0 Å². The summed E-state index contributed by atoms with van der Waals surface area (Å²) in [5, 5.41) is 2.36. The first-order valence-electron chi connectivity index (χ1n) is 10.6. The number of amides is 4. The Kier molecular flexibility index (Phi) is 5.57. The first kappa shape index (κ1) is 20.1. The van der Waals surface area contributed by atoms with Gasteiger partial charge in [-0.2, -0.15) is 0 Å². The summed E-state index contributed by atoms with van der Waals surface area (Å²) < 4.78 is 2.16. The Balaban J connectivity index is 1.64. The molecule has 156 valence electrons. The van der Waals surface area contributed by atoms with E-state index in [-0.39, 0.29) is 11.6 Å². The van der Waals surface area contributed by atoms with Gasteiger partial charge in [-0.3, -0.25) is 19.8 Å². The molecule has 0 bridgehead atoms. The Hall–Kier alpha value is -3.15. The molecule has 0 spiro atoms. The molecule has 2 fully saturated rings. The van der Waals surface area contributed by atoms with Gasteiger partial charge in [-0.25, -0.2) is 4.79 Å². The summed E-state index contributed by atoms with van der Waals surface area (Å²) in [6, 6.07) is 11.4. The maximum atomic E-state index is 13.1. The Morgan fingerprint density at radius 2 is 1.73 bits per heavy atom. The van der Waals surface area contributed by atoms with Crippen molar-refractivity contribution in [2.24, 2.45) is 0 Å². The van der Waals surface area contributed by atoms with Crippen LogP contribution in [0.25, 0.3) is 6.08 Å². The minimum atomic E-state index is -0.620. The molecule has 6 heteroatoms. The molecule has 30 heavy (non-hydrogen) atoms. The van der Waals surface area contributed by atoms with E-state index in [0.717, 1.165) is 49.1 Å². The fourth-order valence-electron chi connectivity index (χ4n) is 4.48. The number of imide groups is 2. The number of nitrogens with zero attached hydrogens (tertiary/aromatic N) is 2. The molecule has 0 atom stereocenters. The number of nitrogens with one attached hydrogen (secondary N) is 1. The molecule has 4 amide bonds. The van der Waals surface area contributed by atoms with E-state index >= 15 is 0 Å². The van der Waals surface area contributed by atoms with E-state index in [1.807, 2.05) is 38.1 Å². The van der Waals surface area contributed by atoms with Crippen molar-refractivity contribution < 1.29 is 14.4 Å². The Morgan fingerprint density at radius 1 is 1.03 bits per heavy atom. The van der Waals surface area contributed by atoms with Crippen LogP contribution in [-0.2, 0) is 16.1 Å². The van der Waals surface area contributed by atoms with E-state index in [1.54, 1.807) is 6.08 Å². The first-order chi connectivity index (χ1) is 14.5. The molecule has 0 radical (unpaired) electrons. The molecule has 0 unspecified atom stereocenters. The number of urea groups is 1. The summed E-state index contributed by atoms with van der Waals surface area (Å²) in [7, 11) is 0. The highest BCUT2D eigenvalue weighted by Gasteiger charge is 2.40. The second-order valence-corrected chi connectivity index (χ2v) is 8.18. The normalized spacial score (nSPS) is 19.5. The molecule has 4 rings (SSSR count). The van der Waals surface area contributed by atoms with Gasteiger partial charge in [0.25, 0.3) is 11.8 Å². The van der Waals surface area contributed by atoms with Gasteiger partial charge in [0.2, 0.25) is 0 Å². The third-order valence-corrected chi connectivity index (χ3v) is 6.17. The van der Waals surface area contributed by atoms with E-state index in [9.17, 15) is 14.4 Å². The molecule has 1 saturated carbocycles. The Bertz CT molecular complexity index is 1010. The van der Waals surface area contributed by atoms with E-state index in [2.05, 4.69) is 22.0 Å². The fraction of sp³-hybridized carbons (Fsp3) is 0.375. The predicted molar refractivity (Wildman–Crippen MR) is 115 cm³/mol. The molecule has 6 nitrogen and oxygen atoms in total. The number of aromatic nitrogens is 1. The van der Waals surface area contributed by atoms with Crippen molar-refractivity contribution in [1.29, 1.82) is 0 Å². The first-order valence-corrected chi connectivity index (χ1v) is 10.6. The van der Waals surface area contributed by atoms with Crippen LogP contribution in [0.3, 0.4) is 0 Å². The standard InChI is InChI=1S/C24H27N3O3/c1-16-13-19(17(2)26(16)15-18-9-5-3-6-10-18)14-21-22(28)25-24(30)27(23(21)29)20-11-7-4-8-12-20/h3,5-6,9-10,13-14,20H,4,7-8,11-12,15H2,1-2H3,(H,25,28,30). The second-order valence-electron chi connectivity index (χ2n) is 8.18. The van der Waals surface area contributed by atoms with Crippen LogP contribution >= 0.6 is 0 Å². The fourth-order valence-corrected chi connectivity index (χ4v) is 4.48. The van der Waals surface area contributed by atoms with Gasteiger partial charge in [0.1, 0.15) is 5.57 Å². The van der Waals surface area contributed by atoms with Gasteiger partial charge in [-0.1, -0.05) is 49.6 Å². The van der Waals surface area contributed by atoms with Crippen molar-refractivity contribution in [3.63, 3.8) is 0 Å². The van der Waals surface area contributed by atoms with E-state index in [0.29, 0.717) is 6.54 Å². The molecule has 1 aliphatic carbocycles. The lowest BCUT2D eigenvalue weighted by Crippen LogP contribution is -2.58. The summed E-state index contributed by atoms with van der Waals surface area (Å²) in [4.78, 5) is 39.2. The SMILES string of the molecule is Cc1cc(C=C2C(=O)NC(=O)N(C3CCCCC3)C2=O)c(C)n1Cc1ccccc1. The van der Waals surface area contributed by atoms with Gasteiger partial charge in [0.15, 0.2) is 0 Å². The molecule has 1 N–H and O–H groups in total. The monoisotopic (exact) mass is 405 g/mol. The van der Waals surface area contributed by atoms with Crippen molar-refractivity contribution in [3.05, 3.63) is 64.5 Å². The van der Waals surface area contributed by atoms with Gasteiger partial charge in [-0.05, 0) is 50.0 Å². The van der Waals surface area contributed by atoms with Crippen LogP contribution in [0.4, 0.5) is 4.79 Å². The number of hydrogen-bond acceptors (Lipinski definition) is 3. The summed E-state index contributed by atoms with van der Waals surface area (Å²) in [5.41, 5.74) is 4.05. The smallest absolute Gasteiger partial charge is 0.331 e. The number of benzene rings is 1. The predicted octanol–water partition coefficient (Wildman–Crippen LogP) is 3.95. The molecule has 1 aromatic heterocycles. The quantitative estimate of drug-likeness (QED) is 0.618. The van der Waals surface area contributed by atoms with E-state index in [4.69, 9.17) is 0 Å². The Morgan fingerprint density at radius 3 is 2.43 bits per heavy atom. The van der Waals surface area contributed by atoms with Crippen molar-refractivity contribution in [1.82, 2.24) is 14.8 Å². The van der Waals surface area contributed by atoms with Gasteiger partial charge in [-0.15, -0.1) is 0 Å². The molecular formula is C24H27N3O3. The molecule has 2 heterocycles. The second kappa shape index (κ2) is 8.30. The average molecular weight is 405 g/mol. The summed E-state index contributed by atoms with van der Waals surface area (Å²) in [5.74, 6) is -1.10. The maximum Gasteiger partial charge on any atom is 0.331 e. The van der Waals surface area contributed by atoms with Crippen LogP contribution in [-0.4, -0.2) is 33.4 Å². The summed E-state index contributed by atoms with van der Waals surface area (Å²) >= 11 is 0. The zero-order valence-corrected chi connectivity index (χ0v) is 17.5. The van der Waals surface area contributed by atoms with Gasteiger partial charge >= 0.3 is 6.03 Å². The number of carbonyl (C=O) groups is 3. The summed E-state index contributed by atoms with van der Waals surface area (Å²) in [6.07, 6.45) is 6.34. The molecular weight excluding hydrogens is 378 g/mol. The van der Waals surface area contributed by atoms with E-state index in [1.165, 1.54) is 10.5 Å². The number of hydrogen-bond donors (Lipinski definition) is 1. The minimum absolute atomic E-state index is 0.0279. The molecule has 2 aromatic rings. The molecule has 2 aliphatic rings. The van der Waals surface area contributed by atoms with Crippen molar-refractivity contribution in [2.75, 3.05) is 0 Å². The van der Waals surface area contributed by atoms with Crippen LogP contribution in [0.2, 0.25) is 0 Å². The highest BCUT2D eigenvalue weighted by Crippen LogP contribution is 2.27. The lowest BCUT2D eigenvalue weighted by Gasteiger charge is -2.35. The van der Waals surface area contributed by atoms with Crippen molar-refractivity contribution >= 4 is 23.9 Å². The molecule has 1 aromatic carbocycles. The third kappa shape index (κ3) is 3.82. The number of aryl methyl sites for hydroxylation is 1. The maximum absolute atomic E-state index is 13.1. The third-order valence-electron chi connectivity index (χ3n) is 6.17. The lowest BCUT2D eigenvalue weighted by molar-refractivity contribution is -0.132. The van der Waals surface area contributed by atoms with Gasteiger partial charge < -0.3 is 4.57 Å². The topological polar surface area (TPSA) is 71.4 Å². The molecule has 1 aliphatic heterocycles. The van der Waals surface area contributed by atoms with E-state index < -0.39 is 17.8 Å². The number of rotatable bonds is 4. The highest BCUT2D eigenvalue weighted by molar-refractivity contribution is 6.31. The minimum Gasteiger partial charge on any atom is -0.344 e. The van der Waals surface area contributed by atoms with Gasteiger partial charge in [0.05, 0.1) is 0 Å². The van der Waals surface area contributed by atoms with Crippen LogP contribution < -0.4 is 5.32 Å². The summed E-state index contributed by atoms with van der Waals surface area (Å²) in [6.45, 7) is 4.71. The van der Waals surface area contributed by atoms with Crippen LogP contribution in [0, 0.1) is 13.8 Å².